The second kappa shape index (κ2) is 10.7. The van der Waals surface area contributed by atoms with E-state index >= 15 is 0 Å². The number of ether oxygens (including phenoxy) is 2. The quantitative estimate of drug-likeness (QED) is 0.353. The van der Waals surface area contributed by atoms with Crippen LogP contribution in [0.4, 0.5) is 0 Å². The maximum Gasteiger partial charge on any atom is 0.156 e. The fourth-order valence-corrected chi connectivity index (χ4v) is 1.22. The van der Waals surface area contributed by atoms with Crippen LogP contribution in [0.5, 0.6) is 0 Å². The Balaban J connectivity index is 3.19. The molecule has 14 heavy (non-hydrogen) atoms. The summed E-state index contributed by atoms with van der Waals surface area (Å²) >= 11 is 0. The molecule has 0 heterocycles. The predicted octanol–water partition coefficient (Wildman–Crippen LogP) is 2.10. The van der Waals surface area contributed by atoms with Gasteiger partial charge in [0, 0.05) is 20.8 Å². The van der Waals surface area contributed by atoms with E-state index in [2.05, 4.69) is 6.08 Å². The highest BCUT2D eigenvalue weighted by Crippen LogP contribution is 2.07. The van der Waals surface area contributed by atoms with Crippen molar-refractivity contribution in [2.24, 2.45) is 0 Å². The monoisotopic (exact) mass is 202 g/mol. The van der Waals surface area contributed by atoms with Crippen LogP contribution in [0.3, 0.4) is 0 Å². The van der Waals surface area contributed by atoms with Gasteiger partial charge < -0.3 is 14.6 Å². The highest BCUT2D eigenvalue weighted by Gasteiger charge is 2.02. The summed E-state index contributed by atoms with van der Waals surface area (Å²) in [6.45, 7) is 0.242. The number of methoxy groups -OCH3 is 2. The summed E-state index contributed by atoms with van der Waals surface area (Å²) in [5, 5.41) is 8.52. The van der Waals surface area contributed by atoms with Crippen LogP contribution < -0.4 is 0 Å². The van der Waals surface area contributed by atoms with Gasteiger partial charge in [0.05, 0.1) is 0 Å². The normalized spacial score (nSPS) is 11.7. The topological polar surface area (TPSA) is 38.7 Å². The summed E-state index contributed by atoms with van der Waals surface area (Å²) in [6, 6.07) is 0. The molecule has 0 amide bonds. The van der Waals surface area contributed by atoms with Crippen LogP contribution in [0.25, 0.3) is 0 Å². The van der Waals surface area contributed by atoms with Crippen molar-refractivity contribution in [3.05, 3.63) is 12.2 Å². The van der Waals surface area contributed by atoms with Crippen molar-refractivity contribution in [1.29, 1.82) is 0 Å². The Hall–Kier alpha value is -0.380. The smallest absolute Gasteiger partial charge is 0.156 e. The Morgan fingerprint density at radius 2 is 1.71 bits per heavy atom. The fourth-order valence-electron chi connectivity index (χ4n) is 1.22. The van der Waals surface area contributed by atoms with Gasteiger partial charge in [-0.3, -0.25) is 0 Å². The molecule has 0 bridgehead atoms. The molecule has 0 aromatic carbocycles. The average molecular weight is 202 g/mol. The van der Waals surface area contributed by atoms with E-state index in [1.165, 1.54) is 0 Å². The molecule has 0 unspecified atom stereocenters. The van der Waals surface area contributed by atoms with Crippen molar-refractivity contribution >= 4 is 0 Å². The summed E-state index contributed by atoms with van der Waals surface area (Å²) in [5.41, 5.74) is 0. The van der Waals surface area contributed by atoms with Crippen LogP contribution in [-0.2, 0) is 9.47 Å². The summed E-state index contributed by atoms with van der Waals surface area (Å²) in [6.07, 6.45) is 9.10. The molecular formula is C11H22O3. The molecule has 0 saturated carbocycles. The average Bonchev–Trinajstić information content (AvgIpc) is 2.22. The first-order valence-electron chi connectivity index (χ1n) is 5.16. The van der Waals surface area contributed by atoms with Gasteiger partial charge in [-0.25, -0.2) is 0 Å². The maximum absolute atomic E-state index is 8.52. The van der Waals surface area contributed by atoms with Crippen molar-refractivity contribution in [3.63, 3.8) is 0 Å². The van der Waals surface area contributed by atoms with E-state index in [0.29, 0.717) is 0 Å². The third kappa shape index (κ3) is 8.23. The summed E-state index contributed by atoms with van der Waals surface area (Å²) in [4.78, 5) is 0. The van der Waals surface area contributed by atoms with Gasteiger partial charge in [-0.05, 0) is 32.1 Å². The van der Waals surface area contributed by atoms with Crippen LogP contribution in [0.2, 0.25) is 0 Å². The van der Waals surface area contributed by atoms with Gasteiger partial charge in [-0.15, -0.1) is 0 Å². The molecule has 0 rings (SSSR count). The van der Waals surface area contributed by atoms with E-state index in [1.54, 1.807) is 14.2 Å². The second-order valence-corrected chi connectivity index (χ2v) is 3.17. The first-order chi connectivity index (χ1) is 6.85. The van der Waals surface area contributed by atoms with Crippen molar-refractivity contribution in [3.8, 4) is 0 Å². The lowest BCUT2D eigenvalue weighted by Crippen LogP contribution is -2.12. The molecule has 0 spiro atoms. The molecule has 0 fully saturated rings. The Kier molecular flexibility index (Phi) is 10.4. The van der Waals surface area contributed by atoms with Crippen molar-refractivity contribution < 1.29 is 14.6 Å². The zero-order valence-corrected chi connectivity index (χ0v) is 9.24. The van der Waals surface area contributed by atoms with E-state index < -0.39 is 0 Å². The standard InChI is InChI=1S/C11H22O3/c1-13-11(14-2)9-7-5-3-4-6-8-10-12/h4,6,11-12H,3,5,7-10H2,1-2H3/b6-4+. The molecule has 0 radical (unpaired) electrons. The molecule has 0 saturated heterocycles. The van der Waals surface area contributed by atoms with Gasteiger partial charge in [-0.1, -0.05) is 12.2 Å². The molecule has 1 N–H and O–H groups in total. The van der Waals surface area contributed by atoms with Crippen LogP contribution in [0.15, 0.2) is 12.2 Å². The molecule has 0 atom stereocenters. The molecular weight excluding hydrogens is 180 g/mol. The highest BCUT2D eigenvalue weighted by molar-refractivity contribution is 4.80. The number of aliphatic hydroxyl groups excluding tert-OH is 1. The number of unbranched alkanes of at least 4 members (excludes halogenated alkanes) is 2. The number of aliphatic hydroxyl groups is 1. The van der Waals surface area contributed by atoms with E-state index in [4.69, 9.17) is 14.6 Å². The van der Waals surface area contributed by atoms with Crippen LogP contribution in [0.1, 0.15) is 32.1 Å². The van der Waals surface area contributed by atoms with Gasteiger partial charge >= 0.3 is 0 Å². The van der Waals surface area contributed by atoms with Gasteiger partial charge in [0.1, 0.15) is 0 Å². The SMILES string of the molecule is COC(CCCC/C=C/CCO)OC. The number of hydrogen-bond acceptors (Lipinski definition) is 3. The van der Waals surface area contributed by atoms with Crippen molar-refractivity contribution in [2.75, 3.05) is 20.8 Å². The fraction of sp³-hybridized carbons (Fsp3) is 0.818. The third-order valence-corrected chi connectivity index (χ3v) is 2.05. The lowest BCUT2D eigenvalue weighted by molar-refractivity contribution is -0.107. The molecule has 0 aromatic heterocycles. The van der Waals surface area contributed by atoms with Crippen LogP contribution in [-0.4, -0.2) is 32.2 Å². The first-order valence-corrected chi connectivity index (χ1v) is 5.16. The second-order valence-electron chi connectivity index (χ2n) is 3.17. The largest absolute Gasteiger partial charge is 0.396 e. The molecule has 0 aliphatic carbocycles. The molecule has 0 aliphatic rings. The van der Waals surface area contributed by atoms with Gasteiger partial charge in [0.15, 0.2) is 6.29 Å². The number of rotatable bonds is 9. The van der Waals surface area contributed by atoms with E-state index in [-0.39, 0.29) is 12.9 Å². The summed E-state index contributed by atoms with van der Waals surface area (Å²) < 4.78 is 10.1. The van der Waals surface area contributed by atoms with Crippen LogP contribution >= 0.6 is 0 Å². The summed E-state index contributed by atoms with van der Waals surface area (Å²) in [7, 11) is 3.32. The molecule has 0 aliphatic heterocycles. The number of allylic oxidation sites excluding steroid dienone is 1. The summed E-state index contributed by atoms with van der Waals surface area (Å²) in [5.74, 6) is 0. The van der Waals surface area contributed by atoms with Gasteiger partial charge in [-0.2, -0.15) is 0 Å². The highest BCUT2D eigenvalue weighted by atomic mass is 16.7. The predicted molar refractivity (Wildman–Crippen MR) is 57.1 cm³/mol. The molecule has 3 nitrogen and oxygen atoms in total. The lowest BCUT2D eigenvalue weighted by atomic mass is 10.2. The maximum atomic E-state index is 8.52. The minimum absolute atomic E-state index is 0.0589. The van der Waals surface area contributed by atoms with E-state index in [0.717, 1.165) is 32.1 Å². The third-order valence-electron chi connectivity index (χ3n) is 2.05. The van der Waals surface area contributed by atoms with E-state index in [1.807, 2.05) is 6.08 Å². The van der Waals surface area contributed by atoms with Gasteiger partial charge in [0.2, 0.25) is 0 Å². The van der Waals surface area contributed by atoms with E-state index in [9.17, 15) is 0 Å². The Bertz CT molecular complexity index is 130. The zero-order valence-electron chi connectivity index (χ0n) is 9.24. The first kappa shape index (κ1) is 13.6. The van der Waals surface area contributed by atoms with Crippen molar-refractivity contribution in [2.45, 2.75) is 38.4 Å². The molecule has 0 aromatic rings. The minimum atomic E-state index is -0.0589. The Morgan fingerprint density at radius 1 is 1.07 bits per heavy atom. The lowest BCUT2D eigenvalue weighted by Gasteiger charge is -2.11. The van der Waals surface area contributed by atoms with Crippen LogP contribution in [0, 0.1) is 0 Å². The molecule has 84 valence electrons. The zero-order chi connectivity index (χ0) is 10.6. The minimum Gasteiger partial charge on any atom is -0.396 e. The molecule has 3 heteroatoms. The van der Waals surface area contributed by atoms with Gasteiger partial charge in [0.25, 0.3) is 0 Å². The Labute approximate surface area is 86.7 Å². The van der Waals surface area contributed by atoms with Crippen molar-refractivity contribution in [1.82, 2.24) is 0 Å². The Morgan fingerprint density at radius 3 is 2.29 bits per heavy atom. The number of hydrogen-bond donors (Lipinski definition) is 1.